The Morgan fingerprint density at radius 1 is 0.926 bits per heavy atom. The van der Waals surface area contributed by atoms with Gasteiger partial charge in [0.05, 0.1) is 18.5 Å². The predicted octanol–water partition coefficient (Wildman–Crippen LogP) is 5.97. The molecule has 1 saturated carbocycles. The largest absolute Gasteiger partial charge is 0.494 e. The van der Waals surface area contributed by atoms with Crippen molar-refractivity contribution in [1.29, 1.82) is 0 Å². The molecule has 1 aromatic heterocycles. The fourth-order valence-corrected chi connectivity index (χ4v) is 4.09. The summed E-state index contributed by atoms with van der Waals surface area (Å²) in [6, 6.07) is 6.45. The van der Waals surface area contributed by atoms with Gasteiger partial charge in [0.2, 0.25) is 5.82 Å². The van der Waals surface area contributed by atoms with Crippen LogP contribution in [0.5, 0.6) is 5.75 Å². The second-order valence-electron chi connectivity index (χ2n) is 7.57. The summed E-state index contributed by atoms with van der Waals surface area (Å²) in [7, 11) is 1.31. The third kappa shape index (κ3) is 4.82. The van der Waals surface area contributed by atoms with Gasteiger partial charge < -0.3 is 4.74 Å². The van der Waals surface area contributed by atoms with Crippen molar-refractivity contribution in [3.8, 4) is 17.0 Å². The van der Waals surface area contributed by atoms with Crippen molar-refractivity contribution in [3.63, 3.8) is 0 Å². The summed E-state index contributed by atoms with van der Waals surface area (Å²) in [6.07, 6.45) is 9.99. The Hall–Kier alpha value is -2.04. The molecule has 0 amide bonds. The zero-order valence-corrected chi connectivity index (χ0v) is 16.2. The van der Waals surface area contributed by atoms with Crippen LogP contribution in [0.1, 0.15) is 57.6 Å². The molecule has 146 valence electrons. The number of hydrogen-bond acceptors (Lipinski definition) is 3. The molecule has 27 heavy (non-hydrogen) atoms. The molecular weight excluding hydrogens is 346 g/mol. The van der Waals surface area contributed by atoms with Crippen molar-refractivity contribution in [1.82, 2.24) is 10.2 Å². The lowest BCUT2D eigenvalue weighted by molar-refractivity contribution is 0.252. The predicted molar refractivity (Wildman–Crippen MR) is 103 cm³/mol. The van der Waals surface area contributed by atoms with Gasteiger partial charge in [-0.2, -0.15) is 14.6 Å². The Labute approximate surface area is 160 Å². The molecule has 0 aliphatic heterocycles. The first-order valence-electron chi connectivity index (χ1n) is 9.97. The molecule has 1 aromatic carbocycles. The minimum Gasteiger partial charge on any atom is -0.494 e. The molecule has 3 rings (SSSR count). The van der Waals surface area contributed by atoms with Gasteiger partial charge >= 0.3 is 0 Å². The second-order valence-corrected chi connectivity index (χ2v) is 7.57. The van der Waals surface area contributed by atoms with E-state index in [0.717, 1.165) is 30.4 Å². The number of benzene rings is 1. The summed E-state index contributed by atoms with van der Waals surface area (Å²) < 4.78 is 32.9. The van der Waals surface area contributed by atoms with Crippen LogP contribution >= 0.6 is 0 Å². The molecule has 0 N–H and O–H groups in total. The van der Waals surface area contributed by atoms with E-state index in [4.69, 9.17) is 4.74 Å². The van der Waals surface area contributed by atoms with Crippen LogP contribution in [-0.4, -0.2) is 17.3 Å². The molecular formula is C22H28F2N2O. The van der Waals surface area contributed by atoms with Crippen molar-refractivity contribution in [2.24, 2.45) is 11.8 Å². The standard InChI is InChI=1S/C22H28F2N2O/c1-3-4-15-5-7-16(8-6-15)9-10-17-11-13-19(26-25-17)18-12-14-20(27-2)22(24)21(18)23/h11-16H,3-10H2,1-2H3. The van der Waals surface area contributed by atoms with E-state index in [-0.39, 0.29) is 11.3 Å². The van der Waals surface area contributed by atoms with Crippen LogP contribution in [0, 0.1) is 23.5 Å². The van der Waals surface area contributed by atoms with Crippen LogP contribution in [-0.2, 0) is 6.42 Å². The number of aryl methyl sites for hydroxylation is 1. The van der Waals surface area contributed by atoms with E-state index in [0.29, 0.717) is 5.69 Å². The Bertz CT molecular complexity index is 741. The van der Waals surface area contributed by atoms with Crippen molar-refractivity contribution in [2.75, 3.05) is 7.11 Å². The lowest BCUT2D eigenvalue weighted by atomic mass is 9.78. The van der Waals surface area contributed by atoms with Gasteiger partial charge in [-0.15, -0.1) is 0 Å². The highest BCUT2D eigenvalue weighted by molar-refractivity contribution is 5.61. The quantitative estimate of drug-likeness (QED) is 0.599. The number of hydrogen-bond donors (Lipinski definition) is 0. The van der Waals surface area contributed by atoms with E-state index in [2.05, 4.69) is 17.1 Å². The second kappa shape index (κ2) is 9.25. The number of rotatable bonds is 7. The molecule has 1 aliphatic carbocycles. The maximum Gasteiger partial charge on any atom is 0.201 e. The lowest BCUT2D eigenvalue weighted by Gasteiger charge is -2.28. The SMILES string of the molecule is CCCC1CCC(CCc2ccc(-c3ccc(OC)c(F)c3F)nn2)CC1. The summed E-state index contributed by atoms with van der Waals surface area (Å²) in [6.45, 7) is 2.26. The Morgan fingerprint density at radius 2 is 1.63 bits per heavy atom. The third-order valence-corrected chi connectivity index (χ3v) is 5.73. The van der Waals surface area contributed by atoms with Gasteiger partial charge in [-0.1, -0.05) is 45.4 Å². The van der Waals surface area contributed by atoms with Gasteiger partial charge in [0.25, 0.3) is 0 Å². The average molecular weight is 374 g/mol. The first-order chi connectivity index (χ1) is 13.1. The number of halogens is 2. The molecule has 5 heteroatoms. The van der Waals surface area contributed by atoms with Crippen molar-refractivity contribution in [3.05, 3.63) is 41.6 Å². The Morgan fingerprint density at radius 3 is 2.22 bits per heavy atom. The minimum absolute atomic E-state index is 0.0987. The van der Waals surface area contributed by atoms with Crippen molar-refractivity contribution < 1.29 is 13.5 Å². The zero-order chi connectivity index (χ0) is 19.2. The number of aromatic nitrogens is 2. The monoisotopic (exact) mass is 374 g/mol. The van der Waals surface area contributed by atoms with Crippen LogP contribution in [0.15, 0.2) is 24.3 Å². The first-order valence-corrected chi connectivity index (χ1v) is 9.97. The summed E-state index contributed by atoms with van der Waals surface area (Å²) in [5.41, 5.74) is 1.34. The molecule has 2 aromatic rings. The van der Waals surface area contributed by atoms with Gasteiger partial charge in [0, 0.05) is 5.56 Å². The van der Waals surface area contributed by atoms with Gasteiger partial charge in [-0.25, -0.2) is 4.39 Å². The molecule has 1 heterocycles. The van der Waals surface area contributed by atoms with E-state index in [1.165, 1.54) is 57.8 Å². The lowest BCUT2D eigenvalue weighted by Crippen LogP contribution is -2.15. The van der Waals surface area contributed by atoms with Crippen molar-refractivity contribution in [2.45, 2.75) is 58.3 Å². The Balaban J connectivity index is 1.58. The summed E-state index contributed by atoms with van der Waals surface area (Å²) in [4.78, 5) is 0. The molecule has 1 fully saturated rings. The molecule has 0 atom stereocenters. The topological polar surface area (TPSA) is 35.0 Å². The summed E-state index contributed by atoms with van der Waals surface area (Å²) in [5, 5.41) is 8.34. The van der Waals surface area contributed by atoms with E-state index >= 15 is 0 Å². The molecule has 0 spiro atoms. The normalized spacial score (nSPS) is 19.9. The highest BCUT2D eigenvalue weighted by Gasteiger charge is 2.21. The molecule has 1 aliphatic rings. The maximum absolute atomic E-state index is 14.2. The zero-order valence-electron chi connectivity index (χ0n) is 16.2. The Kier molecular flexibility index (Phi) is 6.75. The van der Waals surface area contributed by atoms with E-state index < -0.39 is 11.6 Å². The highest BCUT2D eigenvalue weighted by Crippen LogP contribution is 2.34. The average Bonchev–Trinajstić information content (AvgIpc) is 2.70. The van der Waals surface area contributed by atoms with Crippen molar-refractivity contribution >= 4 is 0 Å². The van der Waals surface area contributed by atoms with Crippen LogP contribution < -0.4 is 4.74 Å². The first kappa shape index (κ1) is 19.7. The van der Waals surface area contributed by atoms with Gasteiger partial charge in [-0.3, -0.25) is 0 Å². The molecule has 0 unspecified atom stereocenters. The summed E-state index contributed by atoms with van der Waals surface area (Å²) in [5.74, 6) is -0.382. The fourth-order valence-electron chi connectivity index (χ4n) is 4.09. The van der Waals surface area contributed by atoms with Gasteiger partial charge in [0.15, 0.2) is 11.6 Å². The highest BCUT2D eigenvalue weighted by atomic mass is 19.2. The fraction of sp³-hybridized carbons (Fsp3) is 0.545. The van der Waals surface area contributed by atoms with Gasteiger partial charge in [-0.05, 0) is 48.9 Å². The third-order valence-electron chi connectivity index (χ3n) is 5.73. The van der Waals surface area contributed by atoms with E-state index in [1.54, 1.807) is 6.07 Å². The van der Waals surface area contributed by atoms with Crippen LogP contribution in [0.2, 0.25) is 0 Å². The van der Waals surface area contributed by atoms with Crippen LogP contribution in [0.25, 0.3) is 11.3 Å². The molecule has 3 nitrogen and oxygen atoms in total. The molecule has 0 bridgehead atoms. The minimum atomic E-state index is -1.00. The molecule has 0 radical (unpaired) electrons. The number of nitrogens with zero attached hydrogens (tertiary/aromatic N) is 2. The number of ether oxygens (including phenoxy) is 1. The summed E-state index contributed by atoms with van der Waals surface area (Å²) >= 11 is 0. The van der Waals surface area contributed by atoms with E-state index in [1.807, 2.05) is 6.07 Å². The smallest absolute Gasteiger partial charge is 0.201 e. The van der Waals surface area contributed by atoms with Crippen LogP contribution in [0.4, 0.5) is 8.78 Å². The van der Waals surface area contributed by atoms with Crippen LogP contribution in [0.3, 0.4) is 0 Å². The van der Waals surface area contributed by atoms with E-state index in [9.17, 15) is 8.78 Å². The maximum atomic E-state index is 14.2. The van der Waals surface area contributed by atoms with Gasteiger partial charge in [0.1, 0.15) is 0 Å². The molecule has 0 saturated heterocycles. The number of methoxy groups -OCH3 is 1.